The maximum absolute atomic E-state index is 12.8. The molecule has 0 spiro atoms. The lowest BCUT2D eigenvalue weighted by molar-refractivity contribution is -0.134. The van der Waals surface area contributed by atoms with Crippen LogP contribution in [-0.4, -0.2) is 49.1 Å². The highest BCUT2D eigenvalue weighted by Crippen LogP contribution is 2.28. The number of halogens is 1. The van der Waals surface area contributed by atoms with Gasteiger partial charge in [-0.25, -0.2) is 0 Å². The highest BCUT2D eigenvalue weighted by molar-refractivity contribution is 6.30. The van der Waals surface area contributed by atoms with Crippen LogP contribution in [0.25, 0.3) is 0 Å². The summed E-state index contributed by atoms with van der Waals surface area (Å²) in [7, 11) is 1.61. The Bertz CT molecular complexity index is 742. The monoisotopic (exact) mass is 374 g/mol. The normalized spacial score (nSPS) is 17.0. The number of ether oxygens (including phenoxy) is 1. The largest absolute Gasteiger partial charge is 0.495 e. The van der Waals surface area contributed by atoms with Gasteiger partial charge in [-0.05, 0) is 29.8 Å². The second kappa shape index (κ2) is 8.87. The summed E-state index contributed by atoms with van der Waals surface area (Å²) in [5.41, 5.74) is 1.84. The van der Waals surface area contributed by atoms with Crippen molar-refractivity contribution in [2.75, 3.05) is 38.6 Å². The van der Waals surface area contributed by atoms with Crippen molar-refractivity contribution in [3.63, 3.8) is 0 Å². The van der Waals surface area contributed by atoms with Gasteiger partial charge in [-0.1, -0.05) is 17.7 Å². The van der Waals surface area contributed by atoms with Crippen LogP contribution in [0.5, 0.6) is 5.75 Å². The number of piperazine rings is 1. The third-order valence-electron chi connectivity index (χ3n) is 4.45. The minimum atomic E-state index is 0.0191. The Hall–Kier alpha value is -2.31. The molecule has 2 N–H and O–H groups in total. The smallest absolute Gasteiger partial charge is 0.224 e. The van der Waals surface area contributed by atoms with E-state index in [0.29, 0.717) is 30.3 Å². The van der Waals surface area contributed by atoms with E-state index in [1.165, 1.54) is 0 Å². The summed E-state index contributed by atoms with van der Waals surface area (Å²) >= 11 is 6.04. The number of nitrogens with zero attached hydrogens (tertiary/aromatic N) is 2. The van der Waals surface area contributed by atoms with Crippen molar-refractivity contribution in [2.24, 2.45) is 0 Å². The van der Waals surface area contributed by atoms with Crippen LogP contribution in [0.2, 0.25) is 5.02 Å². The van der Waals surface area contributed by atoms with E-state index in [0.717, 1.165) is 24.3 Å². The second-order valence-corrected chi connectivity index (χ2v) is 6.55. The Morgan fingerprint density at radius 2 is 2.35 bits per heavy atom. The molecule has 7 heteroatoms. The summed E-state index contributed by atoms with van der Waals surface area (Å²) in [6.07, 6.45) is 3.97. The van der Waals surface area contributed by atoms with E-state index in [9.17, 15) is 4.79 Å². The number of methoxy groups -OCH3 is 1. The van der Waals surface area contributed by atoms with Crippen molar-refractivity contribution in [2.45, 2.75) is 12.5 Å². The molecule has 0 aliphatic carbocycles. The summed E-state index contributed by atoms with van der Waals surface area (Å²) in [4.78, 5) is 18.9. The van der Waals surface area contributed by atoms with Crippen molar-refractivity contribution >= 4 is 23.2 Å². The van der Waals surface area contributed by atoms with Crippen LogP contribution in [0.4, 0.5) is 5.69 Å². The molecule has 1 amide bonds. The zero-order chi connectivity index (χ0) is 18.4. The van der Waals surface area contributed by atoms with Crippen molar-refractivity contribution in [1.82, 2.24) is 15.2 Å². The van der Waals surface area contributed by atoms with E-state index in [-0.39, 0.29) is 11.9 Å². The third-order valence-corrected chi connectivity index (χ3v) is 4.68. The first-order valence-corrected chi connectivity index (χ1v) is 9.04. The predicted octanol–water partition coefficient (Wildman–Crippen LogP) is 2.72. The number of pyridine rings is 1. The molecule has 1 aliphatic rings. The van der Waals surface area contributed by atoms with Crippen molar-refractivity contribution in [3.8, 4) is 5.75 Å². The van der Waals surface area contributed by atoms with E-state index >= 15 is 0 Å². The van der Waals surface area contributed by atoms with Crippen LogP contribution in [0.3, 0.4) is 0 Å². The molecule has 1 fully saturated rings. The van der Waals surface area contributed by atoms with E-state index in [1.54, 1.807) is 31.5 Å². The molecule has 0 radical (unpaired) electrons. The molecule has 1 aromatic carbocycles. The number of hydrogen-bond acceptors (Lipinski definition) is 5. The van der Waals surface area contributed by atoms with Gasteiger partial charge in [0.05, 0.1) is 18.8 Å². The standard InChI is InChI=1S/C19H23ClN4O2/c1-26-18-5-4-15(20)11-16(18)23-8-6-19(25)24-10-9-22-13-17(24)14-3-2-7-21-12-14/h2-5,7,11-12,17,22-23H,6,8-10,13H2,1H3. The molecule has 2 heterocycles. The number of anilines is 1. The number of rotatable bonds is 6. The van der Waals surface area contributed by atoms with Crippen LogP contribution in [0.1, 0.15) is 18.0 Å². The van der Waals surface area contributed by atoms with Crippen molar-refractivity contribution < 1.29 is 9.53 Å². The summed E-state index contributed by atoms with van der Waals surface area (Å²) in [5.74, 6) is 0.825. The molecule has 1 saturated heterocycles. The highest BCUT2D eigenvalue weighted by Gasteiger charge is 2.27. The zero-order valence-electron chi connectivity index (χ0n) is 14.7. The Balaban J connectivity index is 1.61. The van der Waals surface area contributed by atoms with Crippen LogP contribution >= 0.6 is 11.6 Å². The highest BCUT2D eigenvalue weighted by atomic mass is 35.5. The average Bonchev–Trinajstić information content (AvgIpc) is 2.69. The number of hydrogen-bond donors (Lipinski definition) is 2. The van der Waals surface area contributed by atoms with Crippen molar-refractivity contribution in [3.05, 3.63) is 53.3 Å². The average molecular weight is 375 g/mol. The van der Waals surface area contributed by atoms with Crippen LogP contribution in [0.15, 0.2) is 42.7 Å². The maximum atomic E-state index is 12.8. The lowest BCUT2D eigenvalue weighted by Gasteiger charge is -2.36. The molecular formula is C19H23ClN4O2. The molecule has 2 aromatic rings. The van der Waals surface area contributed by atoms with Crippen LogP contribution in [0, 0.1) is 0 Å². The first kappa shape index (κ1) is 18.5. The molecule has 26 heavy (non-hydrogen) atoms. The molecule has 6 nitrogen and oxygen atoms in total. The van der Waals surface area contributed by atoms with Crippen LogP contribution in [-0.2, 0) is 4.79 Å². The molecule has 1 aliphatic heterocycles. The van der Waals surface area contributed by atoms with Gasteiger partial charge < -0.3 is 20.3 Å². The summed E-state index contributed by atoms with van der Waals surface area (Å²) < 4.78 is 5.32. The van der Waals surface area contributed by atoms with E-state index in [4.69, 9.17) is 16.3 Å². The molecule has 1 aromatic heterocycles. The Kier molecular flexibility index (Phi) is 6.30. The van der Waals surface area contributed by atoms with Gasteiger partial charge >= 0.3 is 0 Å². The van der Waals surface area contributed by atoms with Crippen molar-refractivity contribution in [1.29, 1.82) is 0 Å². The molecule has 0 bridgehead atoms. The molecule has 1 atom stereocenters. The number of nitrogens with one attached hydrogen (secondary N) is 2. The fraction of sp³-hybridized carbons (Fsp3) is 0.368. The first-order chi connectivity index (χ1) is 12.7. The Morgan fingerprint density at radius 3 is 3.12 bits per heavy atom. The van der Waals surface area contributed by atoms with Gasteiger partial charge in [0.15, 0.2) is 0 Å². The molecule has 1 unspecified atom stereocenters. The Labute approximate surface area is 158 Å². The fourth-order valence-corrected chi connectivity index (χ4v) is 3.31. The second-order valence-electron chi connectivity index (χ2n) is 6.11. The topological polar surface area (TPSA) is 66.5 Å². The number of benzene rings is 1. The molecule has 0 saturated carbocycles. The van der Waals surface area contributed by atoms with Gasteiger partial charge in [0, 0.05) is 50.0 Å². The first-order valence-electron chi connectivity index (χ1n) is 8.66. The summed E-state index contributed by atoms with van der Waals surface area (Å²) in [5, 5.41) is 7.22. The van der Waals surface area contributed by atoms with E-state index < -0.39 is 0 Å². The number of aromatic nitrogens is 1. The quantitative estimate of drug-likeness (QED) is 0.813. The van der Waals surface area contributed by atoms with Gasteiger partial charge in [0.25, 0.3) is 0 Å². The lowest BCUT2D eigenvalue weighted by Crippen LogP contribution is -2.49. The molecular weight excluding hydrogens is 352 g/mol. The molecule has 3 rings (SSSR count). The third kappa shape index (κ3) is 4.45. The molecule has 138 valence electrons. The number of carbonyl (C=O) groups is 1. The SMILES string of the molecule is COc1ccc(Cl)cc1NCCC(=O)N1CCNCC1c1cccnc1. The van der Waals surface area contributed by atoms with Gasteiger partial charge in [0.1, 0.15) is 5.75 Å². The van der Waals surface area contributed by atoms with E-state index in [1.807, 2.05) is 23.2 Å². The lowest BCUT2D eigenvalue weighted by atomic mass is 10.0. The summed E-state index contributed by atoms with van der Waals surface area (Å²) in [6, 6.07) is 9.32. The number of amides is 1. The maximum Gasteiger partial charge on any atom is 0.224 e. The minimum Gasteiger partial charge on any atom is -0.495 e. The predicted molar refractivity (Wildman–Crippen MR) is 103 cm³/mol. The van der Waals surface area contributed by atoms with Gasteiger partial charge in [-0.2, -0.15) is 0 Å². The van der Waals surface area contributed by atoms with Gasteiger partial charge in [0.2, 0.25) is 5.91 Å². The van der Waals surface area contributed by atoms with E-state index in [2.05, 4.69) is 15.6 Å². The van der Waals surface area contributed by atoms with Gasteiger partial charge in [-0.15, -0.1) is 0 Å². The van der Waals surface area contributed by atoms with Crippen LogP contribution < -0.4 is 15.4 Å². The number of carbonyl (C=O) groups excluding carboxylic acids is 1. The minimum absolute atomic E-state index is 0.0191. The Morgan fingerprint density at radius 1 is 1.46 bits per heavy atom. The zero-order valence-corrected chi connectivity index (χ0v) is 15.5. The fourth-order valence-electron chi connectivity index (χ4n) is 3.14. The van der Waals surface area contributed by atoms with Gasteiger partial charge in [-0.3, -0.25) is 9.78 Å². The summed E-state index contributed by atoms with van der Waals surface area (Å²) in [6.45, 7) is 2.75.